The highest BCUT2D eigenvalue weighted by molar-refractivity contribution is 5.82. The number of aryl methyl sites for hydroxylation is 1. The molecule has 2 aromatic heterocycles. The zero-order chi connectivity index (χ0) is 25.1. The predicted molar refractivity (Wildman–Crippen MR) is 140 cm³/mol. The van der Waals surface area contributed by atoms with Crippen molar-refractivity contribution in [3.05, 3.63) is 55.0 Å². The van der Waals surface area contributed by atoms with Gasteiger partial charge in [-0.2, -0.15) is 5.10 Å². The third-order valence-corrected chi connectivity index (χ3v) is 6.81. The first-order valence-corrected chi connectivity index (χ1v) is 12.2. The molecular formula is C27H32N6O3. The Bertz CT molecular complexity index is 1320. The van der Waals surface area contributed by atoms with E-state index in [4.69, 9.17) is 14.5 Å². The first-order chi connectivity index (χ1) is 17.6. The molecule has 9 heteroatoms. The summed E-state index contributed by atoms with van der Waals surface area (Å²) in [7, 11) is 5.20. The zero-order valence-corrected chi connectivity index (χ0v) is 21.0. The summed E-state index contributed by atoms with van der Waals surface area (Å²) >= 11 is 0. The van der Waals surface area contributed by atoms with E-state index in [9.17, 15) is 5.11 Å². The molecule has 188 valence electrons. The summed E-state index contributed by atoms with van der Waals surface area (Å²) in [5.74, 6) is 1.45. The smallest absolute Gasteiger partial charge is 0.124 e. The number of rotatable bonds is 9. The molecule has 5 rings (SSSR count). The van der Waals surface area contributed by atoms with E-state index in [2.05, 4.69) is 32.0 Å². The van der Waals surface area contributed by atoms with Gasteiger partial charge in [-0.3, -0.25) is 14.6 Å². The number of aliphatic hydroxyl groups excluding tert-OH is 1. The summed E-state index contributed by atoms with van der Waals surface area (Å²) in [6.07, 6.45) is 7.66. The highest BCUT2D eigenvalue weighted by Crippen LogP contribution is 2.34. The van der Waals surface area contributed by atoms with Crippen molar-refractivity contribution in [3.63, 3.8) is 0 Å². The fourth-order valence-corrected chi connectivity index (χ4v) is 4.84. The summed E-state index contributed by atoms with van der Waals surface area (Å²) in [4.78, 5) is 14.1. The van der Waals surface area contributed by atoms with Crippen molar-refractivity contribution >= 4 is 22.4 Å². The van der Waals surface area contributed by atoms with Crippen LogP contribution in [0.1, 0.15) is 12.8 Å². The number of methoxy groups -OCH3 is 2. The lowest BCUT2D eigenvalue weighted by Crippen LogP contribution is -2.38. The molecule has 1 atom stereocenters. The molecule has 0 amide bonds. The maximum absolute atomic E-state index is 9.80. The Hall–Kier alpha value is -3.69. The Kier molecular flexibility index (Phi) is 7.02. The summed E-state index contributed by atoms with van der Waals surface area (Å²) in [5, 5.41) is 14.1. The van der Waals surface area contributed by atoms with E-state index in [1.807, 2.05) is 37.5 Å². The number of ether oxygens (including phenoxy) is 2. The number of fused-ring (bicyclic) bond motifs is 1. The van der Waals surface area contributed by atoms with Crippen molar-refractivity contribution in [2.45, 2.75) is 18.9 Å². The molecular weight excluding hydrogens is 456 g/mol. The summed E-state index contributed by atoms with van der Waals surface area (Å²) in [6.45, 7) is 2.74. The van der Waals surface area contributed by atoms with Gasteiger partial charge in [0.2, 0.25) is 0 Å². The van der Waals surface area contributed by atoms with Gasteiger partial charge in [0.15, 0.2) is 0 Å². The SMILES string of the molecule is COc1cc(OC)cc(N(CCN2CCC[C@@H]2CO)c2ccc3ncc(-c4cnn(C)c4)nc3c2)c1. The van der Waals surface area contributed by atoms with Crippen LogP contribution in [0.4, 0.5) is 11.4 Å². The van der Waals surface area contributed by atoms with Crippen LogP contribution in [0, 0.1) is 0 Å². The fraction of sp³-hybridized carbons (Fsp3) is 0.370. The number of hydrogen-bond donors (Lipinski definition) is 1. The molecule has 0 saturated carbocycles. The maximum atomic E-state index is 9.80. The molecule has 1 fully saturated rings. The van der Waals surface area contributed by atoms with Crippen LogP contribution in [0.2, 0.25) is 0 Å². The van der Waals surface area contributed by atoms with E-state index in [0.717, 1.165) is 77.6 Å². The van der Waals surface area contributed by atoms with Gasteiger partial charge in [-0.1, -0.05) is 0 Å². The maximum Gasteiger partial charge on any atom is 0.124 e. The molecule has 1 aliphatic heterocycles. The van der Waals surface area contributed by atoms with Crippen LogP contribution < -0.4 is 14.4 Å². The molecule has 1 N–H and O–H groups in total. The number of nitrogens with zero attached hydrogens (tertiary/aromatic N) is 6. The Morgan fingerprint density at radius 2 is 1.83 bits per heavy atom. The molecule has 0 spiro atoms. The van der Waals surface area contributed by atoms with Gasteiger partial charge in [-0.15, -0.1) is 0 Å². The minimum absolute atomic E-state index is 0.190. The first kappa shape index (κ1) is 24.0. The molecule has 36 heavy (non-hydrogen) atoms. The van der Waals surface area contributed by atoms with Gasteiger partial charge in [0, 0.05) is 67.5 Å². The normalized spacial score (nSPS) is 15.9. The lowest BCUT2D eigenvalue weighted by atomic mass is 10.2. The van der Waals surface area contributed by atoms with Crippen molar-refractivity contribution in [1.82, 2.24) is 24.6 Å². The molecule has 4 aromatic rings. The number of aromatic nitrogens is 4. The number of likely N-dealkylation sites (tertiary alicyclic amines) is 1. The van der Waals surface area contributed by atoms with Gasteiger partial charge in [0.25, 0.3) is 0 Å². The molecule has 3 heterocycles. The fourth-order valence-electron chi connectivity index (χ4n) is 4.84. The van der Waals surface area contributed by atoms with E-state index in [0.29, 0.717) is 0 Å². The van der Waals surface area contributed by atoms with Crippen LogP contribution in [0.25, 0.3) is 22.3 Å². The van der Waals surface area contributed by atoms with Crippen molar-refractivity contribution < 1.29 is 14.6 Å². The minimum Gasteiger partial charge on any atom is -0.497 e. The predicted octanol–water partition coefficient (Wildman–Crippen LogP) is 3.64. The molecule has 0 aliphatic carbocycles. The first-order valence-electron chi connectivity index (χ1n) is 12.2. The number of aliphatic hydroxyl groups is 1. The molecule has 2 aromatic carbocycles. The second-order valence-corrected chi connectivity index (χ2v) is 9.07. The van der Waals surface area contributed by atoms with Gasteiger partial charge in [0.1, 0.15) is 11.5 Å². The molecule has 1 saturated heterocycles. The molecule has 0 radical (unpaired) electrons. The van der Waals surface area contributed by atoms with Crippen LogP contribution in [-0.4, -0.2) is 76.3 Å². The van der Waals surface area contributed by atoms with Gasteiger partial charge >= 0.3 is 0 Å². The highest BCUT2D eigenvalue weighted by atomic mass is 16.5. The van der Waals surface area contributed by atoms with Crippen molar-refractivity contribution in [2.75, 3.05) is 45.4 Å². The van der Waals surface area contributed by atoms with E-state index in [1.165, 1.54) is 0 Å². The van der Waals surface area contributed by atoms with E-state index >= 15 is 0 Å². The van der Waals surface area contributed by atoms with Crippen molar-refractivity contribution in [2.24, 2.45) is 7.05 Å². The van der Waals surface area contributed by atoms with Gasteiger partial charge in [-0.05, 0) is 37.6 Å². The monoisotopic (exact) mass is 488 g/mol. The molecule has 1 aliphatic rings. The van der Waals surface area contributed by atoms with Crippen LogP contribution >= 0.6 is 0 Å². The third-order valence-electron chi connectivity index (χ3n) is 6.81. The van der Waals surface area contributed by atoms with Crippen LogP contribution in [0.15, 0.2) is 55.0 Å². The molecule has 0 unspecified atom stereocenters. The Balaban J connectivity index is 1.53. The van der Waals surface area contributed by atoms with Crippen molar-refractivity contribution in [3.8, 4) is 22.8 Å². The second kappa shape index (κ2) is 10.5. The largest absolute Gasteiger partial charge is 0.497 e. The van der Waals surface area contributed by atoms with Crippen molar-refractivity contribution in [1.29, 1.82) is 0 Å². The molecule has 9 nitrogen and oxygen atoms in total. The number of hydrogen-bond acceptors (Lipinski definition) is 8. The minimum atomic E-state index is 0.190. The summed E-state index contributed by atoms with van der Waals surface area (Å²) in [5.41, 5.74) is 5.30. The van der Waals surface area contributed by atoms with Gasteiger partial charge in [0.05, 0.1) is 49.9 Å². The topological polar surface area (TPSA) is 88.8 Å². The van der Waals surface area contributed by atoms with Crippen LogP contribution in [0.3, 0.4) is 0 Å². The Morgan fingerprint density at radius 3 is 2.53 bits per heavy atom. The Morgan fingerprint density at radius 1 is 1.03 bits per heavy atom. The third kappa shape index (κ3) is 4.98. The van der Waals surface area contributed by atoms with E-state index in [-0.39, 0.29) is 12.6 Å². The quantitative estimate of drug-likeness (QED) is 0.382. The lowest BCUT2D eigenvalue weighted by Gasteiger charge is -2.30. The average Bonchev–Trinajstić information content (AvgIpc) is 3.56. The second-order valence-electron chi connectivity index (χ2n) is 9.07. The number of anilines is 2. The number of benzene rings is 2. The summed E-state index contributed by atoms with van der Waals surface area (Å²) < 4.78 is 12.9. The highest BCUT2D eigenvalue weighted by Gasteiger charge is 2.24. The van der Waals surface area contributed by atoms with Crippen LogP contribution in [0.5, 0.6) is 11.5 Å². The average molecular weight is 489 g/mol. The Labute approximate surface area is 210 Å². The van der Waals surface area contributed by atoms with E-state index in [1.54, 1.807) is 31.3 Å². The standard InChI is InChI=1S/C27H32N6O3/c1-31-17-19(15-29-31)27-16-28-25-7-6-20(13-26(25)30-27)33(10-9-32-8-4-5-21(32)18-34)22-11-23(35-2)14-24(12-22)36-3/h6-7,11-17,21,34H,4-5,8-10,18H2,1-3H3/t21-/m1/s1. The van der Waals surface area contributed by atoms with E-state index < -0.39 is 0 Å². The van der Waals surface area contributed by atoms with Gasteiger partial charge < -0.3 is 19.5 Å². The lowest BCUT2D eigenvalue weighted by molar-refractivity contribution is 0.162. The zero-order valence-electron chi connectivity index (χ0n) is 21.0. The molecule has 0 bridgehead atoms. The van der Waals surface area contributed by atoms with Gasteiger partial charge in [-0.25, -0.2) is 4.98 Å². The summed E-state index contributed by atoms with van der Waals surface area (Å²) in [6, 6.07) is 12.3. The van der Waals surface area contributed by atoms with Crippen LogP contribution in [-0.2, 0) is 7.05 Å².